The molecule has 0 saturated heterocycles. The molecule has 0 aliphatic carbocycles. The van der Waals surface area contributed by atoms with Crippen molar-refractivity contribution >= 4 is 44.8 Å². The van der Waals surface area contributed by atoms with Crippen LogP contribution >= 0.6 is 23.2 Å². The third-order valence-electron chi connectivity index (χ3n) is 4.30. The summed E-state index contributed by atoms with van der Waals surface area (Å²) in [5.41, 5.74) is 1.01. The van der Waals surface area contributed by atoms with Crippen LogP contribution in [0.25, 0.3) is 0 Å². The first kappa shape index (κ1) is 23.0. The average molecular weight is 480 g/mol. The van der Waals surface area contributed by atoms with Gasteiger partial charge >= 0.3 is 0 Å². The van der Waals surface area contributed by atoms with Crippen molar-refractivity contribution < 1.29 is 17.9 Å². The zero-order valence-corrected chi connectivity index (χ0v) is 18.8. The third kappa shape index (κ3) is 5.95. The van der Waals surface area contributed by atoms with Crippen LogP contribution in [0.3, 0.4) is 0 Å². The number of pyridine rings is 1. The average Bonchev–Trinajstić information content (AvgIpc) is 2.75. The topological polar surface area (TPSA) is 88.6 Å². The van der Waals surface area contributed by atoms with E-state index < -0.39 is 22.5 Å². The van der Waals surface area contributed by atoms with Gasteiger partial charge in [-0.05, 0) is 48.0 Å². The lowest BCUT2D eigenvalue weighted by Crippen LogP contribution is -2.37. The normalized spacial score (nSPS) is 11.4. The number of amides is 1. The number of sulfonamides is 1. The number of nitrogens with one attached hydrogen (secondary N) is 1. The highest BCUT2D eigenvalue weighted by atomic mass is 35.5. The van der Waals surface area contributed by atoms with Crippen LogP contribution < -0.4 is 10.1 Å². The zero-order chi connectivity index (χ0) is 22.4. The number of carbonyl (C=O) groups excluding carboxylic acids is 1. The molecule has 0 unspecified atom stereocenters. The minimum absolute atomic E-state index is 0.0166. The maximum absolute atomic E-state index is 13.2. The predicted molar refractivity (Wildman–Crippen MR) is 120 cm³/mol. The molecule has 3 rings (SSSR count). The Morgan fingerprint density at radius 1 is 1.10 bits per heavy atom. The number of hydrogen-bond acceptors (Lipinski definition) is 5. The second-order valence-corrected chi connectivity index (χ2v) is 9.29. The second-order valence-electron chi connectivity index (χ2n) is 6.48. The first-order valence-electron chi connectivity index (χ1n) is 9.07. The maximum atomic E-state index is 13.2. The fourth-order valence-corrected chi connectivity index (χ4v) is 4.44. The van der Waals surface area contributed by atoms with E-state index in [9.17, 15) is 13.2 Å². The van der Waals surface area contributed by atoms with Gasteiger partial charge in [0.15, 0.2) is 0 Å². The molecule has 2 aromatic carbocycles. The highest BCUT2D eigenvalue weighted by molar-refractivity contribution is 7.89. The molecule has 0 aliphatic rings. The summed E-state index contributed by atoms with van der Waals surface area (Å²) in [6.07, 6.45) is 2.71. The van der Waals surface area contributed by atoms with Crippen LogP contribution in [0, 0.1) is 0 Å². The molecule has 1 heterocycles. The van der Waals surface area contributed by atoms with Crippen LogP contribution in [0.5, 0.6) is 5.75 Å². The first-order valence-corrected chi connectivity index (χ1v) is 11.3. The molecule has 1 amide bonds. The fraction of sp³-hybridized carbons (Fsp3) is 0.143. The van der Waals surface area contributed by atoms with Crippen LogP contribution in [0.1, 0.15) is 5.56 Å². The number of anilines is 1. The molecule has 7 nitrogen and oxygen atoms in total. The lowest BCUT2D eigenvalue weighted by Gasteiger charge is -2.22. The second kappa shape index (κ2) is 10.1. The smallest absolute Gasteiger partial charge is 0.245 e. The Morgan fingerprint density at radius 3 is 2.45 bits per heavy atom. The Kier molecular flexibility index (Phi) is 7.50. The summed E-state index contributed by atoms with van der Waals surface area (Å²) < 4.78 is 32.7. The van der Waals surface area contributed by atoms with Crippen molar-refractivity contribution in [2.75, 3.05) is 19.0 Å². The fourth-order valence-electron chi connectivity index (χ4n) is 2.80. The van der Waals surface area contributed by atoms with Crippen molar-refractivity contribution in [3.05, 3.63) is 82.6 Å². The van der Waals surface area contributed by atoms with E-state index in [-0.39, 0.29) is 11.4 Å². The largest absolute Gasteiger partial charge is 0.495 e. The van der Waals surface area contributed by atoms with Gasteiger partial charge in [-0.2, -0.15) is 4.31 Å². The van der Waals surface area contributed by atoms with E-state index in [0.717, 1.165) is 4.31 Å². The van der Waals surface area contributed by atoms with Crippen molar-refractivity contribution in [1.29, 1.82) is 0 Å². The highest BCUT2D eigenvalue weighted by Gasteiger charge is 2.27. The summed E-state index contributed by atoms with van der Waals surface area (Å²) in [6, 6.07) is 14.4. The quantitative estimate of drug-likeness (QED) is 0.522. The third-order valence-corrected chi connectivity index (χ3v) is 6.56. The van der Waals surface area contributed by atoms with Crippen molar-refractivity contribution in [3.63, 3.8) is 0 Å². The molecule has 10 heteroatoms. The lowest BCUT2D eigenvalue weighted by molar-refractivity contribution is -0.116. The van der Waals surface area contributed by atoms with Crippen LogP contribution in [-0.2, 0) is 21.4 Å². The minimum atomic E-state index is -4.00. The van der Waals surface area contributed by atoms with E-state index >= 15 is 0 Å². The van der Waals surface area contributed by atoms with E-state index in [0.29, 0.717) is 27.0 Å². The molecule has 1 N–H and O–H groups in total. The van der Waals surface area contributed by atoms with Gasteiger partial charge in [-0.1, -0.05) is 35.3 Å². The molecular formula is C21H19Cl2N3O4S. The van der Waals surface area contributed by atoms with Gasteiger partial charge in [0.25, 0.3) is 0 Å². The van der Waals surface area contributed by atoms with Gasteiger partial charge in [0, 0.05) is 29.0 Å². The zero-order valence-electron chi connectivity index (χ0n) is 16.5. The van der Waals surface area contributed by atoms with E-state index in [4.69, 9.17) is 27.9 Å². The summed E-state index contributed by atoms with van der Waals surface area (Å²) in [7, 11) is -2.54. The number of nitrogens with zero attached hydrogens (tertiary/aromatic N) is 2. The van der Waals surface area contributed by atoms with Crippen LogP contribution in [-0.4, -0.2) is 37.3 Å². The molecule has 0 radical (unpaired) electrons. The minimum Gasteiger partial charge on any atom is -0.495 e. The molecule has 0 fully saturated rings. The number of rotatable bonds is 8. The van der Waals surface area contributed by atoms with Crippen molar-refractivity contribution in [2.45, 2.75) is 11.4 Å². The Balaban J connectivity index is 1.88. The lowest BCUT2D eigenvalue weighted by atomic mass is 10.2. The number of carbonyl (C=O) groups is 1. The predicted octanol–water partition coefficient (Wildman–Crippen LogP) is 4.23. The van der Waals surface area contributed by atoms with E-state index in [1.165, 1.54) is 37.7 Å². The van der Waals surface area contributed by atoms with Gasteiger partial charge in [-0.25, -0.2) is 8.42 Å². The Bertz CT molecular complexity index is 1160. The van der Waals surface area contributed by atoms with Gasteiger partial charge in [0.05, 0.1) is 19.3 Å². The van der Waals surface area contributed by atoms with Crippen molar-refractivity contribution in [2.24, 2.45) is 0 Å². The van der Waals surface area contributed by atoms with E-state index in [2.05, 4.69) is 10.3 Å². The number of methoxy groups -OCH3 is 1. The Morgan fingerprint density at radius 2 is 1.81 bits per heavy atom. The molecule has 0 spiro atoms. The number of benzene rings is 2. The molecule has 0 saturated carbocycles. The molecule has 3 aromatic rings. The Labute approximate surface area is 190 Å². The van der Waals surface area contributed by atoms with E-state index in [1.54, 1.807) is 36.4 Å². The number of aromatic nitrogens is 1. The van der Waals surface area contributed by atoms with Crippen LogP contribution in [0.4, 0.5) is 5.69 Å². The molecule has 0 bridgehead atoms. The molecule has 0 aliphatic heterocycles. The van der Waals surface area contributed by atoms with Crippen molar-refractivity contribution in [1.82, 2.24) is 9.29 Å². The summed E-state index contributed by atoms with van der Waals surface area (Å²) in [6.45, 7) is -0.468. The summed E-state index contributed by atoms with van der Waals surface area (Å²) >= 11 is 11.9. The Hall–Kier alpha value is -2.65. The number of halogens is 2. The number of hydrogen-bond donors (Lipinski definition) is 1. The monoisotopic (exact) mass is 479 g/mol. The number of ether oxygens (including phenoxy) is 1. The summed E-state index contributed by atoms with van der Waals surface area (Å²) in [5, 5.41) is 3.58. The molecular weight excluding hydrogens is 461 g/mol. The summed E-state index contributed by atoms with van der Waals surface area (Å²) in [5.74, 6) is -0.154. The van der Waals surface area contributed by atoms with Gasteiger partial charge in [0.2, 0.25) is 15.9 Å². The van der Waals surface area contributed by atoms with Gasteiger partial charge in [-0.15, -0.1) is 0 Å². The van der Waals surface area contributed by atoms with Crippen LogP contribution in [0.2, 0.25) is 10.0 Å². The molecule has 31 heavy (non-hydrogen) atoms. The highest BCUT2D eigenvalue weighted by Crippen LogP contribution is 2.28. The summed E-state index contributed by atoms with van der Waals surface area (Å²) in [4.78, 5) is 16.6. The van der Waals surface area contributed by atoms with Gasteiger partial charge in [-0.3, -0.25) is 9.78 Å². The SMILES string of the molecule is COc1ccc(Cl)cc1NC(=O)CN(Cc1ccc(Cl)cc1)S(=O)(=O)c1cccnc1. The van der Waals surface area contributed by atoms with Gasteiger partial charge in [0.1, 0.15) is 10.6 Å². The molecule has 0 atom stereocenters. The van der Waals surface area contributed by atoms with Crippen molar-refractivity contribution in [3.8, 4) is 5.75 Å². The van der Waals surface area contributed by atoms with E-state index in [1.807, 2.05) is 0 Å². The maximum Gasteiger partial charge on any atom is 0.245 e. The van der Waals surface area contributed by atoms with Gasteiger partial charge < -0.3 is 10.1 Å². The first-order chi connectivity index (χ1) is 14.8. The van der Waals surface area contributed by atoms with Crippen LogP contribution in [0.15, 0.2) is 71.9 Å². The molecule has 1 aromatic heterocycles. The molecule has 162 valence electrons. The standard InChI is InChI=1S/C21H19Cl2N3O4S/c1-30-20-9-8-17(23)11-19(20)25-21(27)14-26(13-15-4-6-16(22)7-5-15)31(28,29)18-3-2-10-24-12-18/h2-12H,13-14H2,1H3,(H,25,27).